The van der Waals surface area contributed by atoms with Gasteiger partial charge in [-0.05, 0) is 37.0 Å². The van der Waals surface area contributed by atoms with Gasteiger partial charge >= 0.3 is 25.7 Å². The molecule has 0 amide bonds. The number of unbranched alkanes of at least 4 members (excludes halogenated alkanes) is 2. The first-order valence-corrected chi connectivity index (χ1v) is 6.90. The van der Waals surface area contributed by atoms with E-state index in [9.17, 15) is 4.79 Å². The van der Waals surface area contributed by atoms with Gasteiger partial charge in [-0.2, -0.15) is 0 Å². The minimum atomic E-state index is -2.00. The fraction of sp³-hybridized carbons (Fsp3) is 0.417. The standard InChI is InChI=1S/C12H14O3.2O.Ti/c13-7-3-1-2-4-10-5-6-11-12(8-10)15-9-14-11;;;/h5-8H,1-4,9H2;;;. The second-order valence-electron chi connectivity index (χ2n) is 3.68. The predicted octanol–water partition coefficient (Wildman–Crippen LogP) is 2.09. The molecule has 6 heteroatoms. The molecule has 1 aromatic carbocycles. The summed E-state index contributed by atoms with van der Waals surface area (Å²) in [6, 6.07) is 6.01. The van der Waals surface area contributed by atoms with Gasteiger partial charge in [-0.25, -0.2) is 0 Å². The minimum absolute atomic E-state index is 0.323. The Balaban J connectivity index is 0.000000492. The SMILES string of the molecule is O=CCCCCc1ccc2c(c1)OCO2.[O]=[Ti]=[O]. The van der Waals surface area contributed by atoms with E-state index in [0.29, 0.717) is 13.2 Å². The van der Waals surface area contributed by atoms with Gasteiger partial charge < -0.3 is 14.3 Å². The zero-order chi connectivity index (χ0) is 13.2. The molecule has 18 heavy (non-hydrogen) atoms. The normalized spacial score (nSPS) is 11.1. The Labute approximate surface area is 114 Å². The Bertz CT molecular complexity index is 426. The van der Waals surface area contributed by atoms with Crippen molar-refractivity contribution in [1.29, 1.82) is 0 Å². The summed E-state index contributed by atoms with van der Waals surface area (Å²) in [5, 5.41) is 0. The molecule has 1 aliphatic heterocycles. The van der Waals surface area contributed by atoms with Gasteiger partial charge in [-0.1, -0.05) is 6.07 Å². The van der Waals surface area contributed by atoms with E-state index < -0.39 is 19.1 Å². The molecule has 96 valence electrons. The monoisotopic (exact) mass is 286 g/mol. The number of rotatable bonds is 5. The number of fused-ring (bicyclic) bond motifs is 1. The molecule has 5 nitrogen and oxygen atoms in total. The Kier molecular flexibility index (Phi) is 7.29. The van der Waals surface area contributed by atoms with Crippen LogP contribution in [-0.2, 0) is 37.0 Å². The molecule has 0 radical (unpaired) electrons. The van der Waals surface area contributed by atoms with E-state index in [2.05, 4.69) is 6.07 Å². The van der Waals surface area contributed by atoms with Gasteiger partial charge in [0.1, 0.15) is 6.29 Å². The van der Waals surface area contributed by atoms with Gasteiger partial charge in [-0.3, -0.25) is 0 Å². The van der Waals surface area contributed by atoms with E-state index in [4.69, 9.17) is 16.1 Å². The number of aryl methyl sites for hydroxylation is 1. The van der Waals surface area contributed by atoms with Crippen LogP contribution in [0.1, 0.15) is 24.8 Å². The van der Waals surface area contributed by atoms with Crippen LogP contribution in [-0.4, -0.2) is 13.1 Å². The summed E-state index contributed by atoms with van der Waals surface area (Å²) >= 11 is -2.00. The summed E-state index contributed by atoms with van der Waals surface area (Å²) in [5.41, 5.74) is 1.24. The maximum atomic E-state index is 10.1. The molecule has 0 fully saturated rings. The summed E-state index contributed by atoms with van der Waals surface area (Å²) in [5.74, 6) is 1.66. The molecule has 1 heterocycles. The summed E-state index contributed by atoms with van der Waals surface area (Å²) in [6.45, 7) is 0.323. The number of carbonyl (C=O) groups is 1. The number of ether oxygens (including phenoxy) is 2. The van der Waals surface area contributed by atoms with Crippen molar-refractivity contribution in [2.24, 2.45) is 0 Å². The van der Waals surface area contributed by atoms with Gasteiger partial charge in [0.25, 0.3) is 0 Å². The molecule has 0 atom stereocenters. The van der Waals surface area contributed by atoms with E-state index in [-0.39, 0.29) is 0 Å². The molecule has 1 aliphatic rings. The summed E-state index contributed by atoms with van der Waals surface area (Å²) in [7, 11) is 0. The molecule has 0 unspecified atom stereocenters. The van der Waals surface area contributed by atoms with Crippen LogP contribution < -0.4 is 9.47 Å². The van der Waals surface area contributed by atoms with E-state index in [0.717, 1.165) is 37.0 Å². The van der Waals surface area contributed by atoms with E-state index in [1.54, 1.807) is 0 Å². The number of hydrogen-bond donors (Lipinski definition) is 0. The molecule has 0 aliphatic carbocycles. The van der Waals surface area contributed by atoms with Crippen molar-refractivity contribution in [1.82, 2.24) is 0 Å². The van der Waals surface area contributed by atoms with Crippen LogP contribution in [0.5, 0.6) is 11.5 Å². The Hall–Kier alpha value is -1.20. The Morgan fingerprint density at radius 3 is 2.61 bits per heavy atom. The molecule has 0 aromatic heterocycles. The fourth-order valence-corrected chi connectivity index (χ4v) is 1.65. The molecular weight excluding hydrogens is 272 g/mol. The first-order valence-electron chi connectivity index (χ1n) is 5.63. The Morgan fingerprint density at radius 1 is 1.17 bits per heavy atom. The number of carbonyl (C=O) groups excluding carboxylic acids is 1. The van der Waals surface area contributed by atoms with Gasteiger partial charge in [-0.15, -0.1) is 0 Å². The second kappa shape index (κ2) is 8.83. The number of hydrogen-bond acceptors (Lipinski definition) is 5. The Morgan fingerprint density at radius 2 is 1.89 bits per heavy atom. The quantitative estimate of drug-likeness (QED) is 0.471. The molecule has 0 saturated carbocycles. The van der Waals surface area contributed by atoms with Crippen LogP contribution >= 0.6 is 0 Å². The first kappa shape index (κ1) is 14.9. The third kappa shape index (κ3) is 4.98. The summed E-state index contributed by atoms with van der Waals surface area (Å²) in [4.78, 5) is 10.1. The van der Waals surface area contributed by atoms with Crippen molar-refractivity contribution < 1.29 is 40.0 Å². The van der Waals surface area contributed by atoms with Crippen LogP contribution in [0.25, 0.3) is 0 Å². The van der Waals surface area contributed by atoms with Crippen LogP contribution in [0, 0.1) is 0 Å². The third-order valence-corrected chi connectivity index (χ3v) is 2.47. The van der Waals surface area contributed by atoms with E-state index in [1.807, 2.05) is 12.1 Å². The third-order valence-electron chi connectivity index (χ3n) is 2.47. The van der Waals surface area contributed by atoms with E-state index in [1.165, 1.54) is 5.56 Å². The fourth-order valence-electron chi connectivity index (χ4n) is 1.65. The van der Waals surface area contributed by atoms with Crippen LogP contribution in [0.2, 0.25) is 0 Å². The predicted molar refractivity (Wildman–Crippen MR) is 57.6 cm³/mol. The van der Waals surface area contributed by atoms with Gasteiger partial charge in [0, 0.05) is 6.42 Å². The first-order chi connectivity index (χ1) is 8.81. The van der Waals surface area contributed by atoms with Crippen molar-refractivity contribution in [3.8, 4) is 11.5 Å². The van der Waals surface area contributed by atoms with Crippen molar-refractivity contribution in [2.45, 2.75) is 25.7 Å². The van der Waals surface area contributed by atoms with Crippen molar-refractivity contribution in [3.05, 3.63) is 23.8 Å². The molecular formula is C12H14O5Ti. The molecule has 0 N–H and O–H groups in total. The maximum absolute atomic E-state index is 10.1. The number of aldehydes is 1. The van der Waals surface area contributed by atoms with Gasteiger partial charge in [0.2, 0.25) is 6.79 Å². The summed E-state index contributed by atoms with van der Waals surface area (Å²) < 4.78 is 27.5. The van der Waals surface area contributed by atoms with Gasteiger partial charge in [0.15, 0.2) is 11.5 Å². The second-order valence-corrected chi connectivity index (χ2v) is 3.94. The summed E-state index contributed by atoms with van der Waals surface area (Å²) in [6.07, 6.45) is 4.62. The van der Waals surface area contributed by atoms with Crippen molar-refractivity contribution in [3.63, 3.8) is 0 Å². The average molecular weight is 286 g/mol. The molecule has 0 bridgehead atoms. The zero-order valence-electron chi connectivity index (χ0n) is 9.89. The average Bonchev–Trinajstić information content (AvgIpc) is 2.83. The topological polar surface area (TPSA) is 69.7 Å². The van der Waals surface area contributed by atoms with Gasteiger partial charge in [0.05, 0.1) is 0 Å². The van der Waals surface area contributed by atoms with E-state index >= 15 is 0 Å². The molecule has 2 rings (SSSR count). The molecule has 0 spiro atoms. The zero-order valence-corrected chi connectivity index (χ0v) is 11.4. The molecule has 1 aromatic rings. The van der Waals surface area contributed by atoms with Crippen LogP contribution in [0.15, 0.2) is 18.2 Å². The van der Waals surface area contributed by atoms with Crippen molar-refractivity contribution in [2.75, 3.05) is 6.79 Å². The van der Waals surface area contributed by atoms with Crippen molar-refractivity contribution >= 4 is 6.29 Å². The van der Waals surface area contributed by atoms with Crippen LogP contribution in [0.3, 0.4) is 0 Å². The van der Waals surface area contributed by atoms with Crippen LogP contribution in [0.4, 0.5) is 0 Å². The molecule has 0 saturated heterocycles. The number of benzene rings is 1.